The molecule has 3 nitrogen and oxygen atoms in total. The minimum absolute atomic E-state index is 0.121. The molecule has 1 amide bonds. The Labute approximate surface area is 87.6 Å². The Balaban J connectivity index is 3.76. The fraction of sp³-hybridized carbons (Fsp3) is 0.909. The fourth-order valence-electron chi connectivity index (χ4n) is 1.24. The van der Waals surface area contributed by atoms with Crippen LogP contribution in [0.1, 0.15) is 40.0 Å². The smallest absolute Gasteiger partial charge is 0.222 e. The standard InChI is InChI=1S/C11H24N2O/c1-5-9(2)8-13(4)11(14)7-6-10(3)12/h9-10H,5-8,12H2,1-4H3. The van der Waals surface area contributed by atoms with E-state index in [1.54, 1.807) is 0 Å². The molecule has 0 fully saturated rings. The molecule has 2 unspecified atom stereocenters. The van der Waals surface area contributed by atoms with Gasteiger partial charge in [0.05, 0.1) is 0 Å². The highest BCUT2D eigenvalue weighted by Crippen LogP contribution is 2.05. The van der Waals surface area contributed by atoms with Gasteiger partial charge in [0.1, 0.15) is 0 Å². The third-order valence-corrected chi connectivity index (χ3v) is 2.52. The Bertz CT molecular complexity index is 169. The maximum absolute atomic E-state index is 11.6. The van der Waals surface area contributed by atoms with Crippen LogP contribution in [0.15, 0.2) is 0 Å². The zero-order valence-electron chi connectivity index (χ0n) is 9.92. The number of hydrogen-bond acceptors (Lipinski definition) is 2. The maximum atomic E-state index is 11.6. The van der Waals surface area contributed by atoms with Crippen molar-refractivity contribution in [2.45, 2.75) is 46.1 Å². The second-order valence-corrected chi connectivity index (χ2v) is 4.30. The molecule has 0 saturated carbocycles. The monoisotopic (exact) mass is 200 g/mol. The molecular formula is C11H24N2O. The summed E-state index contributed by atoms with van der Waals surface area (Å²) in [6, 6.07) is 0.121. The Morgan fingerprint density at radius 3 is 2.43 bits per heavy atom. The molecule has 2 atom stereocenters. The van der Waals surface area contributed by atoms with Gasteiger partial charge in [0.25, 0.3) is 0 Å². The van der Waals surface area contributed by atoms with Gasteiger partial charge in [0.2, 0.25) is 5.91 Å². The molecule has 0 aromatic carbocycles. The molecule has 0 aromatic rings. The normalized spacial score (nSPS) is 14.9. The summed E-state index contributed by atoms with van der Waals surface area (Å²) in [5.74, 6) is 0.793. The molecule has 0 aromatic heterocycles. The molecule has 0 saturated heterocycles. The van der Waals surface area contributed by atoms with Crippen molar-refractivity contribution in [2.24, 2.45) is 11.7 Å². The van der Waals surface area contributed by atoms with Crippen molar-refractivity contribution in [3.63, 3.8) is 0 Å². The van der Waals surface area contributed by atoms with Crippen molar-refractivity contribution in [1.29, 1.82) is 0 Å². The minimum Gasteiger partial charge on any atom is -0.345 e. The Kier molecular flexibility index (Phi) is 6.54. The number of hydrogen-bond donors (Lipinski definition) is 1. The van der Waals surface area contributed by atoms with Crippen LogP contribution in [0.4, 0.5) is 0 Å². The second kappa shape index (κ2) is 6.82. The van der Waals surface area contributed by atoms with E-state index in [1.807, 2.05) is 18.9 Å². The van der Waals surface area contributed by atoms with E-state index >= 15 is 0 Å². The van der Waals surface area contributed by atoms with E-state index in [0.717, 1.165) is 19.4 Å². The number of carbonyl (C=O) groups is 1. The zero-order chi connectivity index (χ0) is 11.1. The lowest BCUT2D eigenvalue weighted by molar-refractivity contribution is -0.130. The van der Waals surface area contributed by atoms with Crippen molar-refractivity contribution in [3.8, 4) is 0 Å². The molecule has 0 spiro atoms. The molecule has 84 valence electrons. The summed E-state index contributed by atoms with van der Waals surface area (Å²) in [6.45, 7) is 7.09. The van der Waals surface area contributed by atoms with Gasteiger partial charge in [-0.3, -0.25) is 4.79 Å². The molecule has 2 N–H and O–H groups in total. The highest BCUT2D eigenvalue weighted by molar-refractivity contribution is 5.75. The minimum atomic E-state index is 0.121. The van der Waals surface area contributed by atoms with E-state index in [2.05, 4.69) is 13.8 Å². The number of carbonyl (C=O) groups excluding carboxylic acids is 1. The quantitative estimate of drug-likeness (QED) is 0.708. The molecule has 0 rings (SSSR count). The summed E-state index contributed by atoms with van der Waals surface area (Å²) in [6.07, 6.45) is 2.47. The van der Waals surface area contributed by atoms with Gasteiger partial charge in [-0.15, -0.1) is 0 Å². The summed E-state index contributed by atoms with van der Waals surface area (Å²) in [5.41, 5.74) is 5.60. The van der Waals surface area contributed by atoms with Crippen LogP contribution >= 0.6 is 0 Å². The van der Waals surface area contributed by atoms with Crippen molar-refractivity contribution >= 4 is 5.91 Å². The van der Waals surface area contributed by atoms with Crippen molar-refractivity contribution in [1.82, 2.24) is 4.90 Å². The van der Waals surface area contributed by atoms with Crippen LogP contribution in [0.25, 0.3) is 0 Å². The summed E-state index contributed by atoms with van der Waals surface area (Å²) in [5, 5.41) is 0. The number of nitrogens with two attached hydrogens (primary N) is 1. The van der Waals surface area contributed by atoms with Gasteiger partial charge in [0.15, 0.2) is 0 Å². The molecular weight excluding hydrogens is 176 g/mol. The summed E-state index contributed by atoms with van der Waals surface area (Å²) in [4.78, 5) is 13.4. The summed E-state index contributed by atoms with van der Waals surface area (Å²) in [7, 11) is 1.87. The van der Waals surface area contributed by atoms with Crippen molar-refractivity contribution < 1.29 is 4.79 Å². The first-order valence-electron chi connectivity index (χ1n) is 5.46. The molecule has 0 aliphatic carbocycles. The zero-order valence-corrected chi connectivity index (χ0v) is 9.92. The lowest BCUT2D eigenvalue weighted by atomic mass is 10.1. The van der Waals surface area contributed by atoms with E-state index in [1.165, 1.54) is 0 Å². The average molecular weight is 200 g/mol. The maximum Gasteiger partial charge on any atom is 0.222 e. The largest absolute Gasteiger partial charge is 0.345 e. The van der Waals surface area contributed by atoms with E-state index in [9.17, 15) is 4.79 Å². The summed E-state index contributed by atoms with van der Waals surface area (Å²) >= 11 is 0. The first-order valence-corrected chi connectivity index (χ1v) is 5.46. The third-order valence-electron chi connectivity index (χ3n) is 2.52. The Morgan fingerprint density at radius 2 is 2.00 bits per heavy atom. The predicted molar refractivity (Wildman–Crippen MR) is 60.0 cm³/mol. The van der Waals surface area contributed by atoms with E-state index in [0.29, 0.717) is 12.3 Å². The van der Waals surface area contributed by atoms with E-state index in [4.69, 9.17) is 5.73 Å². The summed E-state index contributed by atoms with van der Waals surface area (Å²) < 4.78 is 0. The highest BCUT2D eigenvalue weighted by Gasteiger charge is 2.11. The second-order valence-electron chi connectivity index (χ2n) is 4.30. The van der Waals surface area contributed by atoms with Gasteiger partial charge in [-0.1, -0.05) is 20.3 Å². The molecule has 0 heterocycles. The van der Waals surface area contributed by atoms with Crippen molar-refractivity contribution in [2.75, 3.05) is 13.6 Å². The first-order chi connectivity index (χ1) is 6.47. The van der Waals surface area contributed by atoms with Crippen LogP contribution in [0.5, 0.6) is 0 Å². The van der Waals surface area contributed by atoms with Gasteiger partial charge in [-0.2, -0.15) is 0 Å². The first kappa shape index (κ1) is 13.4. The fourth-order valence-corrected chi connectivity index (χ4v) is 1.24. The van der Waals surface area contributed by atoms with Crippen molar-refractivity contribution in [3.05, 3.63) is 0 Å². The SMILES string of the molecule is CCC(C)CN(C)C(=O)CCC(C)N. The van der Waals surface area contributed by atoms with Crippen LogP contribution in [0.3, 0.4) is 0 Å². The van der Waals surface area contributed by atoms with Gasteiger partial charge >= 0.3 is 0 Å². The van der Waals surface area contributed by atoms with E-state index in [-0.39, 0.29) is 11.9 Å². The van der Waals surface area contributed by atoms with Crippen LogP contribution < -0.4 is 5.73 Å². The molecule has 0 aliphatic heterocycles. The van der Waals surface area contributed by atoms with E-state index < -0.39 is 0 Å². The van der Waals surface area contributed by atoms with Crippen LogP contribution in [0.2, 0.25) is 0 Å². The van der Waals surface area contributed by atoms with Crippen LogP contribution in [-0.4, -0.2) is 30.4 Å². The Morgan fingerprint density at radius 1 is 1.43 bits per heavy atom. The van der Waals surface area contributed by atoms with Crippen LogP contribution in [0, 0.1) is 5.92 Å². The number of nitrogens with zero attached hydrogens (tertiary/aromatic N) is 1. The predicted octanol–water partition coefficient (Wildman–Crippen LogP) is 1.62. The lowest BCUT2D eigenvalue weighted by Crippen LogP contribution is -2.31. The molecule has 14 heavy (non-hydrogen) atoms. The molecule has 0 bridgehead atoms. The van der Waals surface area contributed by atoms with Gasteiger partial charge in [-0.25, -0.2) is 0 Å². The topological polar surface area (TPSA) is 46.3 Å². The van der Waals surface area contributed by atoms with Gasteiger partial charge in [-0.05, 0) is 19.3 Å². The van der Waals surface area contributed by atoms with Crippen LogP contribution in [-0.2, 0) is 4.79 Å². The highest BCUT2D eigenvalue weighted by atomic mass is 16.2. The lowest BCUT2D eigenvalue weighted by Gasteiger charge is -2.21. The molecule has 0 aliphatic rings. The molecule has 0 radical (unpaired) electrons. The van der Waals surface area contributed by atoms with Gasteiger partial charge < -0.3 is 10.6 Å². The number of amides is 1. The molecule has 3 heteroatoms. The third kappa shape index (κ3) is 5.97. The Hall–Kier alpha value is -0.570. The average Bonchev–Trinajstić information content (AvgIpc) is 2.13. The van der Waals surface area contributed by atoms with Gasteiger partial charge in [0, 0.05) is 26.1 Å². The number of rotatable bonds is 6.